The maximum absolute atomic E-state index is 13.6. The van der Waals surface area contributed by atoms with E-state index < -0.39 is 0 Å². The molecule has 1 aliphatic heterocycles. The monoisotopic (exact) mass is 514 g/mol. The number of methoxy groups -OCH3 is 1. The number of H-pyrrole nitrogens is 1. The first-order valence-corrected chi connectivity index (χ1v) is 14.1. The van der Waals surface area contributed by atoms with Crippen LogP contribution in [-0.2, 0) is 17.7 Å². The lowest BCUT2D eigenvalue weighted by Crippen LogP contribution is -2.43. The minimum Gasteiger partial charge on any atom is -0.383 e. The topological polar surface area (TPSA) is 68.9 Å². The largest absolute Gasteiger partial charge is 0.383 e. The molecule has 1 saturated carbocycles. The second-order valence-corrected chi connectivity index (χ2v) is 11.6. The van der Waals surface area contributed by atoms with Crippen molar-refractivity contribution in [2.24, 2.45) is 0 Å². The molecule has 2 aliphatic rings. The summed E-state index contributed by atoms with van der Waals surface area (Å²) >= 11 is 1.81. The summed E-state index contributed by atoms with van der Waals surface area (Å²) in [6.07, 6.45) is 5.59. The number of hydrogen-bond acceptors (Lipinski definition) is 6. The van der Waals surface area contributed by atoms with E-state index >= 15 is 0 Å². The standard InChI is InChI=1S/C28H42N4O3S/c1-7-32(22-10-8-21(9-11-22)30(5)14-15-35-6)28-20(4)25-24(36-28)12-13-31(27(25)34)17-23-18(2)16-19(3)29-26(23)33/h16,21-22H,7-15,17H2,1-6H3,(H,29,33). The van der Waals surface area contributed by atoms with Crippen LogP contribution in [0.3, 0.4) is 0 Å². The van der Waals surface area contributed by atoms with Crippen LogP contribution in [0.4, 0.5) is 5.00 Å². The summed E-state index contributed by atoms with van der Waals surface area (Å²) in [7, 11) is 3.97. The molecule has 198 valence electrons. The van der Waals surface area contributed by atoms with Crippen molar-refractivity contribution in [1.29, 1.82) is 0 Å². The van der Waals surface area contributed by atoms with E-state index in [9.17, 15) is 9.59 Å². The first kappa shape index (κ1) is 26.9. The van der Waals surface area contributed by atoms with Gasteiger partial charge in [-0.3, -0.25) is 9.59 Å². The molecule has 0 unspecified atom stereocenters. The van der Waals surface area contributed by atoms with Gasteiger partial charge in [0.05, 0.1) is 23.7 Å². The molecule has 0 spiro atoms. The molecule has 36 heavy (non-hydrogen) atoms. The number of fused-ring (bicyclic) bond motifs is 1. The SMILES string of the molecule is CCN(c1sc2c(c1C)C(=O)N(Cc1c(C)cc(C)[nH]c1=O)CC2)C1CCC(N(C)CCOC)CC1. The maximum Gasteiger partial charge on any atom is 0.255 e. The summed E-state index contributed by atoms with van der Waals surface area (Å²) in [6, 6.07) is 3.12. The van der Waals surface area contributed by atoms with Gasteiger partial charge in [-0.2, -0.15) is 0 Å². The Morgan fingerprint density at radius 1 is 1.14 bits per heavy atom. The molecule has 1 N–H and O–H groups in total. The molecule has 2 aromatic heterocycles. The van der Waals surface area contributed by atoms with Gasteiger partial charge in [-0.05, 0) is 77.6 Å². The van der Waals surface area contributed by atoms with Gasteiger partial charge in [0.25, 0.3) is 11.5 Å². The van der Waals surface area contributed by atoms with E-state index in [4.69, 9.17) is 4.74 Å². The van der Waals surface area contributed by atoms with Crippen LogP contribution in [0.25, 0.3) is 0 Å². The van der Waals surface area contributed by atoms with Gasteiger partial charge >= 0.3 is 0 Å². The molecule has 3 heterocycles. The zero-order valence-corrected chi connectivity index (χ0v) is 23.6. The van der Waals surface area contributed by atoms with Crippen LogP contribution in [0, 0.1) is 20.8 Å². The molecule has 0 aromatic carbocycles. The van der Waals surface area contributed by atoms with Crippen LogP contribution in [0.2, 0.25) is 0 Å². The van der Waals surface area contributed by atoms with E-state index in [0.29, 0.717) is 30.7 Å². The Morgan fingerprint density at radius 3 is 2.47 bits per heavy atom. The van der Waals surface area contributed by atoms with Gasteiger partial charge in [-0.1, -0.05) is 0 Å². The summed E-state index contributed by atoms with van der Waals surface area (Å²) in [5.74, 6) is 0.0650. The number of carbonyl (C=O) groups excluding carboxylic acids is 1. The van der Waals surface area contributed by atoms with Crippen molar-refractivity contribution in [3.8, 4) is 0 Å². The summed E-state index contributed by atoms with van der Waals surface area (Å²) in [5, 5.41) is 1.26. The van der Waals surface area contributed by atoms with E-state index in [1.54, 1.807) is 7.11 Å². The molecule has 2 aromatic rings. The molecular weight excluding hydrogens is 472 g/mol. The summed E-state index contributed by atoms with van der Waals surface area (Å²) < 4.78 is 5.26. The number of ether oxygens (including phenoxy) is 1. The summed E-state index contributed by atoms with van der Waals surface area (Å²) in [6.45, 7) is 11.9. The fourth-order valence-electron chi connectivity index (χ4n) is 6.00. The van der Waals surface area contributed by atoms with Crippen LogP contribution in [-0.4, -0.2) is 73.2 Å². The molecule has 1 aliphatic carbocycles. The Balaban J connectivity index is 1.49. The molecule has 0 bridgehead atoms. The zero-order chi connectivity index (χ0) is 26.0. The summed E-state index contributed by atoms with van der Waals surface area (Å²) in [4.78, 5) is 37.1. The Morgan fingerprint density at radius 2 is 1.83 bits per heavy atom. The molecule has 1 amide bonds. The van der Waals surface area contributed by atoms with Crippen molar-refractivity contribution >= 4 is 22.2 Å². The van der Waals surface area contributed by atoms with Crippen molar-refractivity contribution in [2.45, 2.75) is 78.4 Å². The average molecular weight is 515 g/mol. The number of rotatable bonds is 9. The molecule has 1 fully saturated rings. The first-order chi connectivity index (χ1) is 17.2. The van der Waals surface area contributed by atoms with E-state index in [-0.39, 0.29) is 11.5 Å². The Labute approximate surface area is 219 Å². The lowest BCUT2D eigenvalue weighted by molar-refractivity contribution is 0.0727. The molecule has 8 heteroatoms. The first-order valence-electron chi connectivity index (χ1n) is 13.3. The molecule has 7 nitrogen and oxygen atoms in total. The molecular formula is C28H42N4O3S. The number of nitrogens with one attached hydrogen (secondary N) is 1. The van der Waals surface area contributed by atoms with Crippen molar-refractivity contribution < 1.29 is 9.53 Å². The number of aryl methyl sites for hydroxylation is 2. The maximum atomic E-state index is 13.6. The number of aromatic nitrogens is 1. The number of pyridine rings is 1. The van der Waals surface area contributed by atoms with Crippen LogP contribution < -0.4 is 10.5 Å². The number of carbonyl (C=O) groups is 1. The predicted molar refractivity (Wildman–Crippen MR) is 148 cm³/mol. The minimum atomic E-state index is -0.0885. The van der Waals surface area contributed by atoms with E-state index in [1.807, 2.05) is 36.2 Å². The third kappa shape index (κ3) is 5.41. The second kappa shape index (κ2) is 11.5. The number of amides is 1. The van der Waals surface area contributed by atoms with Gasteiger partial charge in [0, 0.05) is 61.4 Å². The van der Waals surface area contributed by atoms with Gasteiger partial charge < -0.3 is 24.4 Å². The highest BCUT2D eigenvalue weighted by atomic mass is 32.1. The number of aromatic amines is 1. The van der Waals surface area contributed by atoms with Crippen LogP contribution in [0.1, 0.15) is 70.2 Å². The van der Waals surface area contributed by atoms with Gasteiger partial charge in [0.2, 0.25) is 0 Å². The molecule has 0 atom stereocenters. The fourth-order valence-corrected chi connectivity index (χ4v) is 7.42. The quantitative estimate of drug-likeness (QED) is 0.541. The number of nitrogens with zero attached hydrogens (tertiary/aromatic N) is 3. The second-order valence-electron chi connectivity index (χ2n) is 10.5. The van der Waals surface area contributed by atoms with Gasteiger partial charge in [-0.15, -0.1) is 11.3 Å². The van der Waals surface area contributed by atoms with E-state index in [2.05, 4.69) is 35.7 Å². The van der Waals surface area contributed by atoms with Crippen LogP contribution in [0.15, 0.2) is 10.9 Å². The predicted octanol–water partition coefficient (Wildman–Crippen LogP) is 4.28. The number of likely N-dealkylation sites (N-methyl/N-ethyl adjacent to an activating group) is 1. The number of thiophene rings is 1. The lowest BCUT2D eigenvalue weighted by atomic mass is 9.89. The highest BCUT2D eigenvalue weighted by Gasteiger charge is 2.34. The fraction of sp³-hybridized carbons (Fsp3) is 0.643. The molecule has 4 rings (SSSR count). The summed E-state index contributed by atoms with van der Waals surface area (Å²) in [5.41, 5.74) is 4.37. The third-order valence-electron chi connectivity index (χ3n) is 8.13. The van der Waals surface area contributed by atoms with Crippen molar-refractivity contribution in [3.63, 3.8) is 0 Å². The smallest absolute Gasteiger partial charge is 0.255 e. The normalized spacial score (nSPS) is 20.2. The van der Waals surface area contributed by atoms with Gasteiger partial charge in [-0.25, -0.2) is 0 Å². The van der Waals surface area contributed by atoms with E-state index in [0.717, 1.165) is 48.5 Å². The Bertz CT molecular complexity index is 1130. The highest BCUT2D eigenvalue weighted by Crippen LogP contribution is 2.41. The van der Waals surface area contributed by atoms with Crippen LogP contribution in [0.5, 0.6) is 0 Å². The van der Waals surface area contributed by atoms with Gasteiger partial charge in [0.1, 0.15) is 0 Å². The number of anilines is 1. The van der Waals surface area contributed by atoms with Crippen molar-refractivity contribution in [2.75, 3.05) is 45.3 Å². The third-order valence-corrected chi connectivity index (χ3v) is 9.52. The average Bonchev–Trinajstić information content (AvgIpc) is 3.18. The molecule has 0 radical (unpaired) electrons. The number of hydrogen-bond donors (Lipinski definition) is 1. The van der Waals surface area contributed by atoms with Crippen molar-refractivity contribution in [3.05, 3.63) is 49.2 Å². The minimum absolute atomic E-state index is 0.0650. The van der Waals surface area contributed by atoms with E-state index in [1.165, 1.54) is 35.6 Å². The zero-order valence-electron chi connectivity index (χ0n) is 22.8. The molecule has 0 saturated heterocycles. The van der Waals surface area contributed by atoms with Crippen LogP contribution >= 0.6 is 11.3 Å². The van der Waals surface area contributed by atoms with Gasteiger partial charge in [0.15, 0.2) is 0 Å². The Hall–Kier alpha value is -2.16. The lowest BCUT2D eigenvalue weighted by Gasteiger charge is -2.40. The Kier molecular flexibility index (Phi) is 8.58. The highest BCUT2D eigenvalue weighted by molar-refractivity contribution is 7.16. The van der Waals surface area contributed by atoms with Crippen molar-refractivity contribution in [1.82, 2.24) is 14.8 Å².